The van der Waals surface area contributed by atoms with Crippen LogP contribution in [0.1, 0.15) is 6.92 Å². The van der Waals surface area contributed by atoms with Gasteiger partial charge in [-0.1, -0.05) is 11.3 Å². The number of pyridine rings is 1. The monoisotopic (exact) mass is 533 g/mol. The van der Waals surface area contributed by atoms with Crippen LogP contribution in [0.25, 0.3) is 0 Å². The summed E-state index contributed by atoms with van der Waals surface area (Å²) in [7, 11) is -2.64. The molecule has 0 unspecified atom stereocenters. The van der Waals surface area contributed by atoms with Crippen molar-refractivity contribution in [3.63, 3.8) is 0 Å². The van der Waals surface area contributed by atoms with E-state index in [4.69, 9.17) is 4.74 Å². The number of carbonyl (C=O) groups excluding carboxylic acids is 1. The number of nitrogens with zero attached hydrogens (tertiary/aromatic N) is 5. The minimum atomic E-state index is -4.09. The molecule has 3 aromatic rings. The number of anilines is 4. The summed E-state index contributed by atoms with van der Waals surface area (Å²) in [5.41, 5.74) is 0.237. The molecule has 1 aliphatic heterocycles. The maximum Gasteiger partial charge on any atom is 0.293 e. The average Bonchev–Trinajstić information content (AvgIpc) is 3.31. The van der Waals surface area contributed by atoms with Crippen LogP contribution in [0, 0.1) is 10.1 Å². The number of piperazine rings is 1. The lowest BCUT2D eigenvalue weighted by molar-refractivity contribution is -0.384. The van der Waals surface area contributed by atoms with Crippen molar-refractivity contribution in [1.82, 2.24) is 9.97 Å². The summed E-state index contributed by atoms with van der Waals surface area (Å²) >= 11 is 1.35. The van der Waals surface area contributed by atoms with E-state index in [1.807, 2.05) is 4.90 Å². The standard InChI is InChI=1S/C21H23N7O6S2/c1-14(29)24-21-23-13-20(35-21)27-9-7-26(8-10-27)17-5-4-16(11-18(17)28(30)31)36(32,33)25-15-3-6-19(34-2)22-12-15/h3-6,11-13,25H,7-10H2,1-2H3,(H,23,24,29). The van der Waals surface area contributed by atoms with Crippen LogP contribution >= 0.6 is 11.3 Å². The number of hydrogen-bond donors (Lipinski definition) is 2. The van der Waals surface area contributed by atoms with E-state index >= 15 is 0 Å². The van der Waals surface area contributed by atoms with Gasteiger partial charge in [-0.05, 0) is 18.2 Å². The van der Waals surface area contributed by atoms with Crippen molar-refractivity contribution < 1.29 is 22.9 Å². The summed E-state index contributed by atoms with van der Waals surface area (Å²) in [4.78, 5) is 34.3. The second kappa shape index (κ2) is 10.3. The molecule has 15 heteroatoms. The van der Waals surface area contributed by atoms with E-state index in [0.29, 0.717) is 42.9 Å². The van der Waals surface area contributed by atoms with Crippen LogP contribution in [-0.4, -0.2) is 62.5 Å². The zero-order valence-corrected chi connectivity index (χ0v) is 21.0. The van der Waals surface area contributed by atoms with E-state index in [1.54, 1.807) is 6.20 Å². The van der Waals surface area contributed by atoms with E-state index in [0.717, 1.165) is 11.1 Å². The Morgan fingerprint density at radius 3 is 2.44 bits per heavy atom. The third kappa shape index (κ3) is 5.63. The molecular formula is C21H23N7O6S2. The highest BCUT2D eigenvalue weighted by Gasteiger charge is 2.27. The summed E-state index contributed by atoms with van der Waals surface area (Å²) in [6.07, 6.45) is 2.97. The fraction of sp³-hybridized carbons (Fsp3) is 0.286. The molecule has 1 fully saturated rings. The molecule has 0 spiro atoms. The third-order valence-electron chi connectivity index (χ3n) is 5.36. The number of aromatic nitrogens is 2. The molecule has 1 amide bonds. The highest BCUT2D eigenvalue weighted by Crippen LogP contribution is 2.34. The van der Waals surface area contributed by atoms with Crippen LogP contribution in [-0.2, 0) is 14.8 Å². The second-order valence-corrected chi connectivity index (χ2v) is 10.5. The Bertz CT molecular complexity index is 1370. The van der Waals surface area contributed by atoms with Crippen LogP contribution < -0.4 is 24.6 Å². The van der Waals surface area contributed by atoms with Crippen molar-refractivity contribution in [2.45, 2.75) is 11.8 Å². The number of thiazole rings is 1. The largest absolute Gasteiger partial charge is 0.481 e. The average molecular weight is 534 g/mol. The molecule has 4 rings (SSSR count). The van der Waals surface area contributed by atoms with E-state index < -0.39 is 14.9 Å². The van der Waals surface area contributed by atoms with E-state index in [-0.39, 0.29) is 22.2 Å². The predicted molar refractivity (Wildman–Crippen MR) is 136 cm³/mol. The van der Waals surface area contributed by atoms with Crippen molar-refractivity contribution in [2.24, 2.45) is 0 Å². The molecule has 2 N–H and O–H groups in total. The van der Waals surface area contributed by atoms with Gasteiger partial charge in [0.1, 0.15) is 10.7 Å². The maximum atomic E-state index is 12.8. The van der Waals surface area contributed by atoms with E-state index in [2.05, 4.69) is 24.9 Å². The van der Waals surface area contributed by atoms with Crippen LogP contribution in [0.15, 0.2) is 47.6 Å². The highest BCUT2D eigenvalue weighted by atomic mass is 32.2. The number of benzene rings is 1. The van der Waals surface area contributed by atoms with Gasteiger partial charge in [0, 0.05) is 45.2 Å². The first-order valence-corrected chi connectivity index (χ1v) is 13.0. The maximum absolute atomic E-state index is 12.8. The minimum Gasteiger partial charge on any atom is -0.481 e. The van der Waals surface area contributed by atoms with Crippen molar-refractivity contribution in [1.29, 1.82) is 0 Å². The van der Waals surface area contributed by atoms with Gasteiger partial charge < -0.3 is 19.9 Å². The first-order chi connectivity index (χ1) is 17.2. The Balaban J connectivity index is 1.49. The van der Waals surface area contributed by atoms with Gasteiger partial charge in [0.25, 0.3) is 15.7 Å². The number of amides is 1. The summed E-state index contributed by atoms with van der Waals surface area (Å²) in [6, 6.07) is 6.83. The normalized spacial score (nSPS) is 13.8. The van der Waals surface area contributed by atoms with Gasteiger partial charge in [-0.15, -0.1) is 0 Å². The Morgan fingerprint density at radius 2 is 1.83 bits per heavy atom. The first-order valence-electron chi connectivity index (χ1n) is 10.7. The molecule has 0 atom stereocenters. The Kier molecular flexibility index (Phi) is 7.21. The molecule has 0 radical (unpaired) electrons. The van der Waals surface area contributed by atoms with Gasteiger partial charge >= 0.3 is 0 Å². The second-order valence-electron chi connectivity index (χ2n) is 7.76. The molecule has 13 nitrogen and oxygen atoms in total. The lowest BCUT2D eigenvalue weighted by Gasteiger charge is -2.36. The fourth-order valence-electron chi connectivity index (χ4n) is 3.65. The molecular weight excluding hydrogens is 510 g/mol. The molecule has 1 saturated heterocycles. The number of carbonyl (C=O) groups is 1. The Morgan fingerprint density at radius 1 is 1.11 bits per heavy atom. The van der Waals surface area contributed by atoms with Crippen LogP contribution in [0.2, 0.25) is 0 Å². The molecule has 0 aliphatic carbocycles. The molecule has 0 saturated carbocycles. The number of nitro benzene ring substituents is 1. The SMILES string of the molecule is COc1ccc(NS(=O)(=O)c2ccc(N3CCN(c4cnc(NC(C)=O)s4)CC3)c([N+](=O)[O-])c2)cn1. The zero-order valence-electron chi connectivity index (χ0n) is 19.4. The smallest absolute Gasteiger partial charge is 0.293 e. The molecule has 190 valence electrons. The quantitative estimate of drug-likeness (QED) is 0.325. The van der Waals surface area contributed by atoms with Gasteiger partial charge in [-0.3, -0.25) is 19.6 Å². The Labute approximate surface area is 210 Å². The molecule has 1 aromatic carbocycles. The number of hydrogen-bond acceptors (Lipinski definition) is 11. The predicted octanol–water partition coefficient (Wildman–Crippen LogP) is 2.54. The summed E-state index contributed by atoms with van der Waals surface area (Å²) in [6.45, 7) is 3.53. The van der Waals surface area contributed by atoms with Crippen molar-refractivity contribution in [3.8, 4) is 5.88 Å². The number of sulfonamides is 1. The van der Waals surface area contributed by atoms with Gasteiger partial charge in [0.15, 0.2) is 5.13 Å². The van der Waals surface area contributed by atoms with Crippen LogP contribution in [0.4, 0.5) is 27.2 Å². The fourth-order valence-corrected chi connectivity index (χ4v) is 5.63. The van der Waals surface area contributed by atoms with Crippen molar-refractivity contribution in [2.75, 3.05) is 53.1 Å². The summed E-state index contributed by atoms with van der Waals surface area (Å²) < 4.78 is 33.0. The van der Waals surface area contributed by atoms with E-state index in [9.17, 15) is 23.3 Å². The number of rotatable bonds is 8. The molecule has 1 aliphatic rings. The van der Waals surface area contributed by atoms with Crippen molar-refractivity contribution >= 4 is 54.5 Å². The molecule has 0 bridgehead atoms. The molecule has 2 aromatic heterocycles. The number of ether oxygens (including phenoxy) is 1. The van der Waals surface area contributed by atoms with E-state index in [1.165, 1.54) is 55.8 Å². The van der Waals surface area contributed by atoms with Crippen molar-refractivity contribution in [3.05, 3.63) is 52.8 Å². The van der Waals surface area contributed by atoms with Crippen LogP contribution in [0.5, 0.6) is 5.88 Å². The number of nitro groups is 1. The first kappa shape index (κ1) is 25.1. The number of nitrogens with one attached hydrogen (secondary N) is 2. The lowest BCUT2D eigenvalue weighted by Crippen LogP contribution is -2.46. The van der Waals surface area contributed by atoms with Crippen LogP contribution in [0.3, 0.4) is 0 Å². The molecule has 3 heterocycles. The van der Waals surface area contributed by atoms with Gasteiger partial charge in [0.2, 0.25) is 11.8 Å². The Hall–Kier alpha value is -3.98. The minimum absolute atomic E-state index is 0.198. The highest BCUT2D eigenvalue weighted by molar-refractivity contribution is 7.92. The summed E-state index contributed by atoms with van der Waals surface area (Å²) in [5.74, 6) is 0.121. The van der Waals surface area contributed by atoms with Gasteiger partial charge in [-0.25, -0.2) is 18.4 Å². The van der Waals surface area contributed by atoms with Gasteiger partial charge in [-0.2, -0.15) is 0 Å². The zero-order chi connectivity index (χ0) is 25.9. The topological polar surface area (TPSA) is 160 Å². The van der Waals surface area contributed by atoms with Gasteiger partial charge in [0.05, 0.1) is 35.0 Å². The summed E-state index contributed by atoms with van der Waals surface area (Å²) in [5, 5.41) is 15.9. The third-order valence-corrected chi connectivity index (χ3v) is 7.71. The number of methoxy groups -OCH3 is 1. The lowest BCUT2D eigenvalue weighted by atomic mass is 10.2. The molecule has 36 heavy (non-hydrogen) atoms.